The van der Waals surface area contributed by atoms with E-state index < -0.39 is 17.5 Å². The van der Waals surface area contributed by atoms with Gasteiger partial charge in [0.2, 0.25) is 0 Å². The SMILES string of the molecule is C[C@@](N)(Cc1c[nH]cn1)C(=O)O.NCCCNCC(=O)O. The number of aromatic amines is 1. The van der Waals surface area contributed by atoms with Crippen LogP contribution in [0.2, 0.25) is 0 Å². The highest BCUT2D eigenvalue weighted by Gasteiger charge is 2.28. The minimum absolute atomic E-state index is 0.0278. The van der Waals surface area contributed by atoms with Crippen molar-refractivity contribution in [1.82, 2.24) is 15.3 Å². The van der Waals surface area contributed by atoms with E-state index in [0.29, 0.717) is 18.8 Å². The lowest BCUT2D eigenvalue weighted by Gasteiger charge is -2.16. The zero-order valence-electron chi connectivity index (χ0n) is 12.0. The molecule has 0 aliphatic heterocycles. The number of nitrogens with two attached hydrogens (primary N) is 2. The lowest BCUT2D eigenvalue weighted by atomic mass is 9.98. The van der Waals surface area contributed by atoms with Gasteiger partial charge in [0.25, 0.3) is 0 Å². The fourth-order valence-electron chi connectivity index (χ4n) is 1.26. The van der Waals surface area contributed by atoms with Gasteiger partial charge >= 0.3 is 11.9 Å². The summed E-state index contributed by atoms with van der Waals surface area (Å²) in [5, 5.41) is 19.5. The first-order valence-corrected chi connectivity index (χ1v) is 6.42. The highest BCUT2D eigenvalue weighted by Crippen LogP contribution is 2.07. The molecule has 120 valence electrons. The molecule has 1 rings (SSSR count). The highest BCUT2D eigenvalue weighted by molar-refractivity contribution is 5.78. The van der Waals surface area contributed by atoms with E-state index in [-0.39, 0.29) is 13.0 Å². The monoisotopic (exact) mass is 301 g/mol. The van der Waals surface area contributed by atoms with E-state index in [9.17, 15) is 9.59 Å². The number of carbonyl (C=O) groups is 2. The molecule has 1 atom stereocenters. The van der Waals surface area contributed by atoms with Crippen LogP contribution < -0.4 is 16.8 Å². The maximum atomic E-state index is 10.6. The summed E-state index contributed by atoms with van der Waals surface area (Å²) >= 11 is 0. The van der Waals surface area contributed by atoms with E-state index in [0.717, 1.165) is 6.42 Å². The van der Waals surface area contributed by atoms with Gasteiger partial charge in [-0.15, -0.1) is 0 Å². The molecule has 9 nitrogen and oxygen atoms in total. The predicted octanol–water partition coefficient (Wildman–Crippen LogP) is -1.24. The Kier molecular flexibility index (Phi) is 8.93. The van der Waals surface area contributed by atoms with Crippen LogP contribution in [0.25, 0.3) is 0 Å². The molecule has 0 aromatic carbocycles. The van der Waals surface area contributed by atoms with Gasteiger partial charge in [-0.05, 0) is 26.4 Å². The van der Waals surface area contributed by atoms with Gasteiger partial charge in [-0.1, -0.05) is 0 Å². The molecule has 0 bridgehead atoms. The van der Waals surface area contributed by atoms with Crippen LogP contribution in [-0.2, 0) is 16.0 Å². The van der Waals surface area contributed by atoms with Crippen molar-refractivity contribution in [3.05, 3.63) is 18.2 Å². The van der Waals surface area contributed by atoms with E-state index in [4.69, 9.17) is 21.7 Å². The van der Waals surface area contributed by atoms with E-state index in [1.54, 1.807) is 6.20 Å². The number of imidazole rings is 1. The number of carboxylic acids is 2. The molecule has 0 saturated carbocycles. The summed E-state index contributed by atoms with van der Waals surface area (Å²) in [6.07, 6.45) is 4.18. The number of H-pyrrole nitrogens is 1. The molecule has 1 heterocycles. The standard InChI is InChI=1S/C7H11N3O2.C5H12N2O2/c1-7(8,6(11)12)2-5-3-9-4-10-5;6-2-1-3-7-4-5(8)9/h3-4H,2,8H2,1H3,(H,9,10)(H,11,12);7H,1-4,6H2,(H,8,9)/t7-;/m1./s1. The fraction of sp³-hybridized carbons (Fsp3) is 0.583. The van der Waals surface area contributed by atoms with Gasteiger partial charge in [-0.3, -0.25) is 9.59 Å². The Morgan fingerprint density at radius 1 is 1.48 bits per heavy atom. The van der Waals surface area contributed by atoms with Gasteiger partial charge in [-0.25, -0.2) is 4.98 Å². The maximum Gasteiger partial charge on any atom is 0.323 e. The van der Waals surface area contributed by atoms with Crippen LogP contribution in [-0.4, -0.2) is 57.3 Å². The molecule has 0 aliphatic rings. The Balaban J connectivity index is 0.000000400. The van der Waals surface area contributed by atoms with Crippen LogP contribution in [0.1, 0.15) is 19.0 Å². The summed E-state index contributed by atoms with van der Waals surface area (Å²) in [6.45, 7) is 2.78. The highest BCUT2D eigenvalue weighted by atomic mass is 16.4. The van der Waals surface area contributed by atoms with Crippen LogP contribution >= 0.6 is 0 Å². The minimum Gasteiger partial charge on any atom is -0.480 e. The lowest BCUT2D eigenvalue weighted by Crippen LogP contribution is -2.46. The predicted molar refractivity (Wildman–Crippen MR) is 76.7 cm³/mol. The van der Waals surface area contributed by atoms with Crippen molar-refractivity contribution in [3.8, 4) is 0 Å². The molecule has 9 heteroatoms. The van der Waals surface area contributed by atoms with Crippen molar-refractivity contribution < 1.29 is 19.8 Å². The Hall–Kier alpha value is -1.97. The van der Waals surface area contributed by atoms with Gasteiger partial charge in [0.15, 0.2) is 0 Å². The number of aliphatic carboxylic acids is 2. The lowest BCUT2D eigenvalue weighted by molar-refractivity contribution is -0.142. The number of carboxylic acid groups (broad SMARTS) is 2. The molecule has 0 fully saturated rings. The van der Waals surface area contributed by atoms with Gasteiger partial charge in [0, 0.05) is 12.6 Å². The van der Waals surface area contributed by atoms with Crippen molar-refractivity contribution in [2.24, 2.45) is 11.5 Å². The summed E-state index contributed by atoms with van der Waals surface area (Å²) in [5.41, 5.74) is 10.1. The Labute approximate surface area is 122 Å². The Morgan fingerprint density at radius 2 is 2.14 bits per heavy atom. The molecule has 21 heavy (non-hydrogen) atoms. The van der Waals surface area contributed by atoms with Crippen molar-refractivity contribution in [2.75, 3.05) is 19.6 Å². The van der Waals surface area contributed by atoms with Crippen molar-refractivity contribution in [3.63, 3.8) is 0 Å². The molecule has 8 N–H and O–H groups in total. The molecule has 0 saturated heterocycles. The summed E-state index contributed by atoms with van der Waals surface area (Å²) in [4.78, 5) is 27.1. The summed E-state index contributed by atoms with van der Waals surface area (Å²) in [7, 11) is 0. The molecule has 1 aromatic rings. The first-order chi connectivity index (χ1) is 9.79. The van der Waals surface area contributed by atoms with Gasteiger partial charge in [0.1, 0.15) is 5.54 Å². The molecule has 0 aliphatic carbocycles. The topological polar surface area (TPSA) is 167 Å². The zero-order chi connectivity index (χ0) is 16.3. The van der Waals surface area contributed by atoms with E-state index in [1.165, 1.54) is 13.3 Å². The Morgan fingerprint density at radius 3 is 2.57 bits per heavy atom. The first kappa shape index (κ1) is 19.0. The molecular formula is C12H23N5O4. The third-order valence-corrected chi connectivity index (χ3v) is 2.43. The number of nitrogens with one attached hydrogen (secondary N) is 2. The maximum absolute atomic E-state index is 10.6. The normalized spacial score (nSPS) is 12.9. The molecule has 0 unspecified atom stereocenters. The average Bonchev–Trinajstić information content (AvgIpc) is 2.87. The van der Waals surface area contributed by atoms with Crippen molar-refractivity contribution >= 4 is 11.9 Å². The minimum atomic E-state index is -1.24. The van der Waals surface area contributed by atoms with Gasteiger partial charge in [-0.2, -0.15) is 0 Å². The Bertz CT molecular complexity index is 419. The van der Waals surface area contributed by atoms with E-state index >= 15 is 0 Å². The summed E-state index contributed by atoms with van der Waals surface area (Å²) in [5.74, 6) is -1.85. The summed E-state index contributed by atoms with van der Waals surface area (Å²) < 4.78 is 0. The van der Waals surface area contributed by atoms with Gasteiger partial charge in [0.05, 0.1) is 18.6 Å². The molecule has 0 spiro atoms. The molecular weight excluding hydrogens is 278 g/mol. The van der Waals surface area contributed by atoms with E-state index in [1.807, 2.05) is 0 Å². The smallest absolute Gasteiger partial charge is 0.323 e. The van der Waals surface area contributed by atoms with Gasteiger partial charge < -0.3 is 32.0 Å². The fourth-order valence-corrected chi connectivity index (χ4v) is 1.26. The zero-order valence-corrected chi connectivity index (χ0v) is 12.0. The van der Waals surface area contributed by atoms with Crippen molar-refractivity contribution in [1.29, 1.82) is 0 Å². The molecule has 0 radical (unpaired) electrons. The second-order valence-corrected chi connectivity index (χ2v) is 4.67. The van der Waals surface area contributed by atoms with Crippen molar-refractivity contribution in [2.45, 2.75) is 25.3 Å². The second kappa shape index (κ2) is 9.86. The quantitative estimate of drug-likeness (QED) is 0.324. The van der Waals surface area contributed by atoms with Crippen LogP contribution in [0.3, 0.4) is 0 Å². The molecule has 0 amide bonds. The molecule has 1 aromatic heterocycles. The van der Waals surface area contributed by atoms with Crippen LogP contribution in [0, 0.1) is 0 Å². The van der Waals surface area contributed by atoms with Crippen LogP contribution in [0.4, 0.5) is 0 Å². The van der Waals surface area contributed by atoms with Crippen LogP contribution in [0.5, 0.6) is 0 Å². The largest absolute Gasteiger partial charge is 0.480 e. The first-order valence-electron chi connectivity index (χ1n) is 6.42. The summed E-state index contributed by atoms with van der Waals surface area (Å²) in [6, 6.07) is 0. The average molecular weight is 301 g/mol. The number of rotatable bonds is 8. The third-order valence-electron chi connectivity index (χ3n) is 2.43. The van der Waals surface area contributed by atoms with E-state index in [2.05, 4.69) is 15.3 Å². The number of hydrogen-bond donors (Lipinski definition) is 6. The number of aromatic nitrogens is 2. The van der Waals surface area contributed by atoms with Crippen LogP contribution in [0.15, 0.2) is 12.5 Å². The second-order valence-electron chi connectivity index (χ2n) is 4.67. The third kappa shape index (κ3) is 9.55. The number of hydrogen-bond acceptors (Lipinski definition) is 6. The number of nitrogens with zero attached hydrogens (tertiary/aromatic N) is 1.